The Labute approximate surface area is 144 Å². The van der Waals surface area contributed by atoms with Crippen molar-refractivity contribution in [2.45, 2.75) is 52.4 Å². The van der Waals surface area contributed by atoms with E-state index in [9.17, 15) is 0 Å². The lowest BCUT2D eigenvalue weighted by Crippen LogP contribution is -2.60. The van der Waals surface area contributed by atoms with E-state index in [1.165, 1.54) is 21.3 Å². The first-order chi connectivity index (χ1) is 10.4. The van der Waals surface area contributed by atoms with Crippen LogP contribution in [-0.2, 0) is 0 Å². The third-order valence-corrected chi connectivity index (χ3v) is 11.1. The monoisotopic (exact) mass is 358 g/mol. The van der Waals surface area contributed by atoms with Gasteiger partial charge in [-0.05, 0) is 24.3 Å². The molecule has 0 N–H and O–H groups in total. The van der Waals surface area contributed by atoms with E-state index >= 15 is 0 Å². The number of nitrogens with zero attached hydrogens (tertiary/aromatic N) is 2. The van der Waals surface area contributed by atoms with Crippen molar-refractivity contribution < 1.29 is 0 Å². The second-order valence-electron chi connectivity index (χ2n) is 8.94. The van der Waals surface area contributed by atoms with E-state index in [0.717, 1.165) is 0 Å². The molecule has 2 nitrogen and oxygen atoms in total. The number of hydrogen-bond donors (Lipinski definition) is 0. The van der Waals surface area contributed by atoms with Gasteiger partial charge in [0.15, 0.2) is 8.07 Å². The molecule has 0 spiro atoms. The average Bonchev–Trinajstić information content (AvgIpc) is 2.46. The van der Waals surface area contributed by atoms with Gasteiger partial charge < -0.3 is 0 Å². The van der Waals surface area contributed by atoms with E-state index in [1.807, 2.05) is 0 Å². The number of hydrogen-bond acceptors (Lipinski definition) is 2. The Morgan fingerprint density at radius 3 is 1.13 bits per heavy atom. The molecule has 23 heavy (non-hydrogen) atoms. The molecule has 0 saturated carbocycles. The summed E-state index contributed by atoms with van der Waals surface area (Å²) >= 11 is 0. The first-order valence-corrected chi connectivity index (χ1v) is 18.4. The molecule has 0 aliphatic carbocycles. The first-order valence-electron chi connectivity index (χ1n) is 8.38. The van der Waals surface area contributed by atoms with Crippen LogP contribution in [0.4, 0.5) is 0 Å². The predicted octanol–water partition coefficient (Wildman–Crippen LogP) is 2.39. The van der Waals surface area contributed by atoms with Crippen LogP contribution in [0.2, 0.25) is 52.4 Å². The van der Waals surface area contributed by atoms with Crippen LogP contribution in [0.25, 0.3) is 0 Å². The van der Waals surface area contributed by atoms with Crippen molar-refractivity contribution in [2.24, 2.45) is 0 Å². The van der Waals surface area contributed by atoms with Crippen molar-refractivity contribution in [3.63, 3.8) is 0 Å². The maximum atomic E-state index is 5.08. The Morgan fingerprint density at radius 1 is 0.522 bits per heavy atom. The fourth-order valence-electron chi connectivity index (χ4n) is 2.53. The summed E-state index contributed by atoms with van der Waals surface area (Å²) < 4.78 is 0. The van der Waals surface area contributed by atoms with Gasteiger partial charge in [-0.2, -0.15) is 0 Å². The topological polar surface area (TPSA) is 25.8 Å². The molecule has 0 saturated heterocycles. The van der Waals surface area contributed by atoms with Crippen LogP contribution in [0, 0.1) is 0 Å². The van der Waals surface area contributed by atoms with Crippen LogP contribution < -0.4 is 21.3 Å². The number of aromatic nitrogens is 2. The van der Waals surface area contributed by atoms with E-state index in [4.69, 9.17) is 9.97 Å². The lowest BCUT2D eigenvalue weighted by Gasteiger charge is -2.26. The summed E-state index contributed by atoms with van der Waals surface area (Å²) in [7, 11) is -4.63. The lowest BCUT2D eigenvalue weighted by molar-refractivity contribution is 1.36. The molecule has 0 aromatic carbocycles. The van der Waals surface area contributed by atoms with Gasteiger partial charge in [0.25, 0.3) is 0 Å². The van der Waals surface area contributed by atoms with Gasteiger partial charge >= 0.3 is 0 Å². The molecule has 0 aliphatic heterocycles. The standard InChI is InChI=1S/C18H30N2Si3/c1-21(2,3)15-11-9-13-17(19-15)23(7,8)18-14-10-12-16(20-18)22(4,5)6/h9-14H,1-8H3. The largest absolute Gasteiger partial charge is 0.267 e. The first kappa shape index (κ1) is 18.3. The minimum Gasteiger partial charge on any atom is -0.267 e. The van der Waals surface area contributed by atoms with E-state index in [0.29, 0.717) is 0 Å². The van der Waals surface area contributed by atoms with Gasteiger partial charge in [-0.25, -0.2) is 0 Å². The maximum Gasteiger partial charge on any atom is 0.158 e. The van der Waals surface area contributed by atoms with Crippen molar-refractivity contribution in [3.05, 3.63) is 36.4 Å². The van der Waals surface area contributed by atoms with Crippen molar-refractivity contribution >= 4 is 45.5 Å². The Kier molecular flexibility index (Phi) is 4.86. The average molecular weight is 359 g/mol. The van der Waals surface area contributed by atoms with E-state index in [1.54, 1.807) is 0 Å². The highest BCUT2D eigenvalue weighted by Crippen LogP contribution is 2.05. The molecule has 2 heterocycles. The fourth-order valence-corrected chi connectivity index (χ4v) is 6.95. The van der Waals surface area contributed by atoms with Crippen LogP contribution in [0.3, 0.4) is 0 Å². The second kappa shape index (κ2) is 6.11. The number of rotatable bonds is 4. The van der Waals surface area contributed by atoms with E-state index in [2.05, 4.69) is 88.8 Å². The molecule has 2 aromatic heterocycles. The minimum absolute atomic E-state index is 1.26. The normalized spacial score (nSPS) is 13.2. The van der Waals surface area contributed by atoms with Crippen molar-refractivity contribution in [1.29, 1.82) is 0 Å². The van der Waals surface area contributed by atoms with Crippen LogP contribution in [0.1, 0.15) is 0 Å². The summed E-state index contributed by atoms with van der Waals surface area (Å²) in [6, 6.07) is 13.2. The van der Waals surface area contributed by atoms with Gasteiger partial charge in [-0.1, -0.05) is 64.5 Å². The SMILES string of the molecule is C[Si](C)(C)c1cccc([Si](C)(C)c2cccc([Si](C)(C)C)n2)n1. The third-order valence-electron chi connectivity index (χ3n) is 4.32. The van der Waals surface area contributed by atoms with Gasteiger partial charge in [0, 0.05) is 21.3 Å². The number of pyridine rings is 2. The van der Waals surface area contributed by atoms with Crippen molar-refractivity contribution in [1.82, 2.24) is 9.97 Å². The molecule has 2 rings (SSSR count). The molecule has 0 unspecified atom stereocenters. The van der Waals surface area contributed by atoms with Crippen LogP contribution in [0.5, 0.6) is 0 Å². The van der Waals surface area contributed by atoms with E-state index < -0.39 is 24.2 Å². The molecule has 0 radical (unpaired) electrons. The van der Waals surface area contributed by atoms with Crippen LogP contribution in [-0.4, -0.2) is 34.2 Å². The fraction of sp³-hybridized carbons (Fsp3) is 0.444. The van der Waals surface area contributed by atoms with Crippen LogP contribution in [0.15, 0.2) is 36.4 Å². The third kappa shape index (κ3) is 4.08. The van der Waals surface area contributed by atoms with Crippen molar-refractivity contribution in [3.8, 4) is 0 Å². The molecular formula is C18H30N2Si3. The van der Waals surface area contributed by atoms with Crippen LogP contribution >= 0.6 is 0 Å². The van der Waals surface area contributed by atoms with E-state index in [-0.39, 0.29) is 0 Å². The molecule has 0 atom stereocenters. The smallest absolute Gasteiger partial charge is 0.158 e. The highest BCUT2D eigenvalue weighted by Gasteiger charge is 2.32. The molecule has 0 bridgehead atoms. The summed E-state index contributed by atoms with van der Waals surface area (Å²) in [5.41, 5.74) is 0. The summed E-state index contributed by atoms with van der Waals surface area (Å²) in [6.45, 7) is 18.9. The highest BCUT2D eigenvalue weighted by atomic mass is 28.3. The summed E-state index contributed by atoms with van der Waals surface area (Å²) in [4.78, 5) is 10.2. The molecule has 2 aromatic rings. The zero-order valence-electron chi connectivity index (χ0n) is 15.9. The quantitative estimate of drug-likeness (QED) is 0.784. The molecule has 0 fully saturated rings. The predicted molar refractivity (Wildman–Crippen MR) is 111 cm³/mol. The lowest BCUT2D eigenvalue weighted by atomic mass is 10.5. The zero-order valence-corrected chi connectivity index (χ0v) is 18.9. The van der Waals surface area contributed by atoms with Crippen molar-refractivity contribution in [2.75, 3.05) is 0 Å². The highest BCUT2D eigenvalue weighted by molar-refractivity contribution is 7.00. The Hall–Kier alpha value is -1.05. The Morgan fingerprint density at radius 2 is 0.826 bits per heavy atom. The minimum atomic E-state index is -1.85. The molecule has 124 valence electrons. The van der Waals surface area contributed by atoms with Gasteiger partial charge in [-0.15, -0.1) is 0 Å². The molecule has 0 aliphatic rings. The molecule has 5 heteroatoms. The Balaban J connectivity index is 2.51. The zero-order chi connectivity index (χ0) is 17.5. The van der Waals surface area contributed by atoms with Gasteiger partial charge in [0.2, 0.25) is 0 Å². The Bertz CT molecular complexity index is 638. The summed E-state index contributed by atoms with van der Waals surface area (Å²) in [5, 5.41) is 5.13. The maximum absolute atomic E-state index is 5.08. The molecular weight excluding hydrogens is 328 g/mol. The van der Waals surface area contributed by atoms with Gasteiger partial charge in [0.05, 0.1) is 0 Å². The summed E-state index contributed by atoms with van der Waals surface area (Å²) in [6.07, 6.45) is 0. The van der Waals surface area contributed by atoms with Gasteiger partial charge in [-0.3, -0.25) is 9.97 Å². The second-order valence-corrected chi connectivity index (χ2v) is 23.2. The molecule has 0 amide bonds. The summed E-state index contributed by atoms with van der Waals surface area (Å²) in [5.74, 6) is 0. The van der Waals surface area contributed by atoms with Gasteiger partial charge in [0.1, 0.15) is 16.1 Å².